The van der Waals surface area contributed by atoms with E-state index in [2.05, 4.69) is 27.1 Å². The summed E-state index contributed by atoms with van der Waals surface area (Å²) in [7, 11) is 2.96. The Morgan fingerprint density at radius 3 is 2.82 bits per heavy atom. The summed E-state index contributed by atoms with van der Waals surface area (Å²) in [5.74, 6) is 5.78. The van der Waals surface area contributed by atoms with Gasteiger partial charge in [-0.25, -0.2) is 4.98 Å². The number of ether oxygens (including phenoxy) is 2. The first kappa shape index (κ1) is 12.8. The Morgan fingerprint density at radius 1 is 1.47 bits per heavy atom. The van der Waals surface area contributed by atoms with Gasteiger partial charge < -0.3 is 14.8 Å². The Balaban J connectivity index is 2.79. The fourth-order valence-electron chi connectivity index (χ4n) is 0.999. The van der Waals surface area contributed by atoms with Gasteiger partial charge in [0.1, 0.15) is 5.56 Å². The number of carbonyl (C=O) groups excluding carboxylic acids is 1. The summed E-state index contributed by atoms with van der Waals surface area (Å²) in [5, 5.41) is 2.56. The molecule has 90 valence electrons. The molecule has 0 bridgehead atoms. The fourth-order valence-corrected chi connectivity index (χ4v) is 0.999. The van der Waals surface area contributed by atoms with Crippen LogP contribution in [0.15, 0.2) is 6.20 Å². The van der Waals surface area contributed by atoms with E-state index in [1.54, 1.807) is 0 Å². The minimum atomic E-state index is -0.128. The lowest BCUT2D eigenvalue weighted by Crippen LogP contribution is -2.19. The van der Waals surface area contributed by atoms with Crippen molar-refractivity contribution in [3.63, 3.8) is 0 Å². The van der Waals surface area contributed by atoms with E-state index < -0.39 is 0 Å². The van der Waals surface area contributed by atoms with Crippen molar-refractivity contribution in [2.75, 3.05) is 20.8 Å². The highest BCUT2D eigenvalue weighted by Crippen LogP contribution is 2.15. The molecular formula is C11H13N3O3. The Kier molecular flexibility index (Phi) is 4.76. The summed E-state index contributed by atoms with van der Waals surface area (Å²) in [6.45, 7) is 1.70. The van der Waals surface area contributed by atoms with Crippen molar-refractivity contribution in [1.29, 1.82) is 0 Å². The van der Waals surface area contributed by atoms with Gasteiger partial charge in [-0.15, -0.1) is 0 Å². The lowest BCUT2D eigenvalue weighted by Gasteiger charge is -2.03. The van der Waals surface area contributed by atoms with Crippen molar-refractivity contribution in [3.05, 3.63) is 11.8 Å². The number of nitrogens with zero attached hydrogens (tertiary/aromatic N) is 2. The van der Waals surface area contributed by atoms with Crippen molar-refractivity contribution in [1.82, 2.24) is 15.3 Å². The number of methoxy groups -OCH3 is 2. The Labute approximate surface area is 99.4 Å². The number of hydrogen-bond acceptors (Lipinski definition) is 5. The van der Waals surface area contributed by atoms with Crippen LogP contribution in [0.4, 0.5) is 0 Å². The maximum absolute atomic E-state index is 10.6. The van der Waals surface area contributed by atoms with Crippen molar-refractivity contribution < 1.29 is 14.3 Å². The van der Waals surface area contributed by atoms with E-state index >= 15 is 0 Å². The first-order valence-corrected chi connectivity index (χ1v) is 4.85. The van der Waals surface area contributed by atoms with Crippen LogP contribution >= 0.6 is 0 Å². The molecule has 1 amide bonds. The summed E-state index contributed by atoms with van der Waals surface area (Å²) >= 11 is 0. The quantitative estimate of drug-likeness (QED) is 0.745. The van der Waals surface area contributed by atoms with E-state index in [9.17, 15) is 4.79 Å². The van der Waals surface area contributed by atoms with E-state index in [0.717, 1.165) is 0 Å². The normalized spacial score (nSPS) is 8.88. The highest BCUT2D eigenvalue weighted by atomic mass is 16.5. The van der Waals surface area contributed by atoms with Crippen molar-refractivity contribution in [3.8, 4) is 23.7 Å². The van der Waals surface area contributed by atoms with Gasteiger partial charge in [-0.05, 0) is 0 Å². The first-order valence-electron chi connectivity index (χ1n) is 4.85. The third-order valence-corrected chi connectivity index (χ3v) is 1.76. The van der Waals surface area contributed by atoms with Crippen LogP contribution in [0, 0.1) is 11.8 Å². The molecule has 0 spiro atoms. The highest BCUT2D eigenvalue weighted by Gasteiger charge is 2.05. The van der Waals surface area contributed by atoms with Crippen LogP contribution in [0.5, 0.6) is 11.9 Å². The van der Waals surface area contributed by atoms with Crippen LogP contribution in [0.25, 0.3) is 0 Å². The Bertz CT molecular complexity index is 463. The molecule has 17 heavy (non-hydrogen) atoms. The number of carbonyl (C=O) groups is 1. The van der Waals surface area contributed by atoms with Gasteiger partial charge in [0.05, 0.1) is 27.0 Å². The van der Waals surface area contributed by atoms with Crippen LogP contribution < -0.4 is 14.8 Å². The summed E-state index contributed by atoms with van der Waals surface area (Å²) in [4.78, 5) is 18.5. The smallest absolute Gasteiger partial charge is 0.319 e. The van der Waals surface area contributed by atoms with Gasteiger partial charge in [-0.3, -0.25) is 4.79 Å². The number of aromatic nitrogens is 2. The van der Waals surface area contributed by atoms with E-state index in [4.69, 9.17) is 9.47 Å². The molecule has 0 saturated heterocycles. The van der Waals surface area contributed by atoms with E-state index in [1.165, 1.54) is 27.3 Å². The number of amides is 1. The summed E-state index contributed by atoms with van der Waals surface area (Å²) in [6.07, 6.45) is 1.51. The SMILES string of the molecule is COc1ncc(C#CCNC(C)=O)c(OC)n1. The molecule has 0 radical (unpaired) electrons. The molecule has 1 aromatic heterocycles. The Hall–Kier alpha value is -2.29. The minimum absolute atomic E-state index is 0.128. The lowest BCUT2D eigenvalue weighted by molar-refractivity contribution is -0.118. The average Bonchev–Trinajstić information content (AvgIpc) is 2.34. The zero-order valence-corrected chi connectivity index (χ0v) is 9.90. The number of rotatable bonds is 3. The monoisotopic (exact) mass is 235 g/mol. The number of nitrogens with one attached hydrogen (secondary N) is 1. The summed E-state index contributed by atoms with van der Waals surface area (Å²) in [5.41, 5.74) is 0.540. The molecule has 0 atom stereocenters. The minimum Gasteiger partial charge on any atom is -0.480 e. The van der Waals surface area contributed by atoms with Crippen molar-refractivity contribution in [2.45, 2.75) is 6.92 Å². The predicted molar refractivity (Wildman–Crippen MR) is 60.7 cm³/mol. The van der Waals surface area contributed by atoms with E-state index in [0.29, 0.717) is 11.4 Å². The van der Waals surface area contributed by atoms with Crippen molar-refractivity contribution >= 4 is 5.91 Å². The first-order chi connectivity index (χ1) is 8.17. The van der Waals surface area contributed by atoms with Crippen LogP contribution in [-0.2, 0) is 4.79 Å². The molecule has 1 heterocycles. The molecule has 1 aromatic rings. The van der Waals surface area contributed by atoms with Crippen LogP contribution in [0.2, 0.25) is 0 Å². The van der Waals surface area contributed by atoms with Gasteiger partial charge in [0.2, 0.25) is 11.8 Å². The molecule has 6 heteroatoms. The van der Waals surface area contributed by atoms with Crippen LogP contribution in [0.1, 0.15) is 12.5 Å². The standard InChI is InChI=1S/C11H13N3O3/c1-8(15)12-6-4-5-9-7-13-11(17-3)14-10(9)16-2/h7H,6H2,1-3H3,(H,12,15). The predicted octanol–water partition coefficient (Wildman–Crippen LogP) is -0.0186. The van der Waals surface area contributed by atoms with E-state index in [-0.39, 0.29) is 18.5 Å². The second kappa shape index (κ2) is 6.33. The molecule has 0 saturated carbocycles. The molecule has 0 unspecified atom stereocenters. The van der Waals surface area contributed by atoms with Gasteiger partial charge in [-0.2, -0.15) is 4.98 Å². The Morgan fingerprint density at radius 2 is 2.24 bits per heavy atom. The molecule has 0 aliphatic carbocycles. The largest absolute Gasteiger partial charge is 0.480 e. The van der Waals surface area contributed by atoms with Gasteiger partial charge in [0.25, 0.3) is 0 Å². The summed E-state index contributed by atoms with van der Waals surface area (Å²) < 4.78 is 9.91. The zero-order chi connectivity index (χ0) is 12.7. The summed E-state index contributed by atoms with van der Waals surface area (Å²) in [6, 6.07) is 0.217. The second-order valence-electron chi connectivity index (χ2n) is 2.99. The van der Waals surface area contributed by atoms with Crippen LogP contribution in [-0.4, -0.2) is 36.6 Å². The highest BCUT2D eigenvalue weighted by molar-refractivity contribution is 5.73. The molecular weight excluding hydrogens is 222 g/mol. The molecule has 0 fully saturated rings. The topological polar surface area (TPSA) is 73.3 Å². The molecule has 0 aliphatic rings. The third kappa shape index (κ3) is 3.99. The van der Waals surface area contributed by atoms with Gasteiger partial charge >= 0.3 is 6.01 Å². The van der Waals surface area contributed by atoms with E-state index in [1.807, 2.05) is 0 Å². The molecule has 0 aromatic carbocycles. The van der Waals surface area contributed by atoms with Gasteiger partial charge in [0.15, 0.2) is 0 Å². The maximum atomic E-state index is 10.6. The molecule has 1 N–H and O–H groups in total. The molecule has 0 aliphatic heterocycles. The second-order valence-corrected chi connectivity index (χ2v) is 2.99. The maximum Gasteiger partial charge on any atom is 0.319 e. The van der Waals surface area contributed by atoms with Gasteiger partial charge in [0, 0.05) is 6.92 Å². The van der Waals surface area contributed by atoms with Gasteiger partial charge in [-0.1, -0.05) is 11.8 Å². The fraction of sp³-hybridized carbons (Fsp3) is 0.364. The van der Waals surface area contributed by atoms with Crippen LogP contribution in [0.3, 0.4) is 0 Å². The number of hydrogen-bond donors (Lipinski definition) is 1. The lowest BCUT2D eigenvalue weighted by atomic mass is 10.3. The average molecular weight is 235 g/mol. The van der Waals surface area contributed by atoms with Crippen molar-refractivity contribution in [2.24, 2.45) is 0 Å². The zero-order valence-electron chi connectivity index (χ0n) is 9.90. The third-order valence-electron chi connectivity index (χ3n) is 1.76. The molecule has 6 nitrogen and oxygen atoms in total. The molecule has 1 rings (SSSR count).